The number of aryl methyl sites for hydroxylation is 1. The van der Waals surface area contributed by atoms with E-state index >= 15 is 0 Å². The molecule has 0 aromatic carbocycles. The summed E-state index contributed by atoms with van der Waals surface area (Å²) >= 11 is 0. The summed E-state index contributed by atoms with van der Waals surface area (Å²) in [6, 6.07) is 0. The van der Waals surface area contributed by atoms with Crippen LogP contribution in [0, 0.1) is 0 Å². The lowest BCUT2D eigenvalue weighted by molar-refractivity contribution is 0.0940. The molecule has 6 nitrogen and oxygen atoms in total. The van der Waals surface area contributed by atoms with Crippen molar-refractivity contribution in [3.8, 4) is 0 Å². The summed E-state index contributed by atoms with van der Waals surface area (Å²) in [4.78, 5) is 11.6. The van der Waals surface area contributed by atoms with Crippen LogP contribution in [0.1, 0.15) is 30.8 Å². The highest BCUT2D eigenvalue weighted by atomic mass is 16.3. The van der Waals surface area contributed by atoms with Gasteiger partial charge in [-0.2, -0.15) is 5.10 Å². The van der Waals surface area contributed by atoms with E-state index in [1.807, 2.05) is 6.92 Å². The van der Waals surface area contributed by atoms with Gasteiger partial charge in [-0.3, -0.25) is 9.48 Å². The number of aromatic nitrogens is 2. The molecular weight excluding hydrogens is 208 g/mol. The Morgan fingerprint density at radius 3 is 2.94 bits per heavy atom. The fourth-order valence-corrected chi connectivity index (χ4v) is 1.25. The van der Waals surface area contributed by atoms with Gasteiger partial charge in [0.25, 0.3) is 5.91 Å². The predicted molar refractivity (Wildman–Crippen MR) is 60.9 cm³/mol. The number of carbonyl (C=O) groups is 1. The smallest absolute Gasteiger partial charge is 0.273 e. The van der Waals surface area contributed by atoms with Gasteiger partial charge in [-0.25, -0.2) is 0 Å². The van der Waals surface area contributed by atoms with Crippen LogP contribution in [0.5, 0.6) is 0 Å². The molecule has 0 saturated carbocycles. The summed E-state index contributed by atoms with van der Waals surface area (Å²) < 4.78 is 1.61. The van der Waals surface area contributed by atoms with Crippen molar-refractivity contribution < 1.29 is 9.90 Å². The second-order valence-corrected chi connectivity index (χ2v) is 3.68. The lowest BCUT2D eigenvalue weighted by Gasteiger charge is -2.05. The van der Waals surface area contributed by atoms with Crippen LogP contribution >= 0.6 is 0 Å². The van der Waals surface area contributed by atoms with E-state index in [1.165, 1.54) is 0 Å². The zero-order valence-corrected chi connectivity index (χ0v) is 9.60. The Morgan fingerprint density at radius 2 is 2.44 bits per heavy atom. The van der Waals surface area contributed by atoms with Crippen LogP contribution in [0.25, 0.3) is 0 Å². The van der Waals surface area contributed by atoms with Crippen molar-refractivity contribution in [1.29, 1.82) is 0 Å². The van der Waals surface area contributed by atoms with E-state index in [-0.39, 0.29) is 11.6 Å². The maximum absolute atomic E-state index is 11.6. The molecule has 0 aliphatic carbocycles. The standard InChI is InChI=1S/C10H18N4O2/c1-3-14-6-8(11)9(13-14)10(16)12-5-4-7(2)15/h6-7,15H,3-5,11H2,1-2H3,(H,12,16). The zero-order valence-electron chi connectivity index (χ0n) is 9.60. The largest absolute Gasteiger partial charge is 0.396 e. The van der Waals surface area contributed by atoms with Crippen molar-refractivity contribution in [2.75, 3.05) is 12.3 Å². The zero-order chi connectivity index (χ0) is 12.1. The number of aliphatic hydroxyl groups is 1. The molecule has 0 spiro atoms. The average Bonchev–Trinajstić information content (AvgIpc) is 2.59. The molecule has 1 atom stereocenters. The van der Waals surface area contributed by atoms with E-state index in [0.29, 0.717) is 25.2 Å². The lowest BCUT2D eigenvalue weighted by Crippen LogP contribution is -2.27. The molecule has 90 valence electrons. The Hall–Kier alpha value is -1.56. The molecule has 1 rings (SSSR count). The molecular formula is C10H18N4O2. The Bertz CT molecular complexity index is 360. The van der Waals surface area contributed by atoms with Gasteiger partial charge in [0.2, 0.25) is 0 Å². The van der Waals surface area contributed by atoms with Crippen molar-refractivity contribution in [3.05, 3.63) is 11.9 Å². The maximum atomic E-state index is 11.6. The first-order chi connectivity index (χ1) is 7.54. The fourth-order valence-electron chi connectivity index (χ4n) is 1.25. The fraction of sp³-hybridized carbons (Fsp3) is 0.600. The number of aliphatic hydroxyl groups excluding tert-OH is 1. The molecule has 6 heteroatoms. The van der Waals surface area contributed by atoms with Crippen molar-refractivity contribution in [3.63, 3.8) is 0 Å². The van der Waals surface area contributed by atoms with Gasteiger partial charge < -0.3 is 16.2 Å². The van der Waals surface area contributed by atoms with Crippen LogP contribution in [0.15, 0.2) is 6.20 Å². The third-order valence-corrected chi connectivity index (χ3v) is 2.18. The molecule has 1 aromatic heterocycles. The molecule has 1 amide bonds. The second-order valence-electron chi connectivity index (χ2n) is 3.68. The Morgan fingerprint density at radius 1 is 1.75 bits per heavy atom. The number of nitrogens with one attached hydrogen (secondary N) is 1. The van der Waals surface area contributed by atoms with Gasteiger partial charge in [-0.1, -0.05) is 0 Å². The van der Waals surface area contributed by atoms with Crippen LogP contribution < -0.4 is 11.1 Å². The van der Waals surface area contributed by atoms with Gasteiger partial charge in [0.05, 0.1) is 11.8 Å². The first kappa shape index (κ1) is 12.5. The van der Waals surface area contributed by atoms with Crippen molar-refractivity contribution in [2.24, 2.45) is 0 Å². The van der Waals surface area contributed by atoms with E-state index in [1.54, 1.807) is 17.8 Å². The predicted octanol–water partition coefficient (Wildman–Crippen LogP) is -0.0141. The van der Waals surface area contributed by atoms with Crippen molar-refractivity contribution >= 4 is 11.6 Å². The van der Waals surface area contributed by atoms with Crippen LogP contribution in [0.4, 0.5) is 5.69 Å². The number of hydrogen-bond donors (Lipinski definition) is 3. The van der Waals surface area contributed by atoms with Gasteiger partial charge in [-0.15, -0.1) is 0 Å². The monoisotopic (exact) mass is 226 g/mol. The van der Waals surface area contributed by atoms with Gasteiger partial charge in [0.15, 0.2) is 5.69 Å². The number of anilines is 1. The molecule has 0 radical (unpaired) electrons. The van der Waals surface area contributed by atoms with E-state index in [2.05, 4.69) is 10.4 Å². The van der Waals surface area contributed by atoms with E-state index in [4.69, 9.17) is 10.8 Å². The van der Waals surface area contributed by atoms with Crippen LogP contribution in [0.2, 0.25) is 0 Å². The molecule has 0 saturated heterocycles. The molecule has 0 aliphatic rings. The van der Waals surface area contributed by atoms with Crippen LogP contribution in [0.3, 0.4) is 0 Å². The second kappa shape index (κ2) is 5.50. The van der Waals surface area contributed by atoms with Crippen molar-refractivity contribution in [1.82, 2.24) is 15.1 Å². The van der Waals surface area contributed by atoms with E-state index in [9.17, 15) is 4.79 Å². The number of nitrogens with two attached hydrogens (primary N) is 1. The third kappa shape index (κ3) is 3.23. The minimum atomic E-state index is -0.425. The van der Waals surface area contributed by atoms with Crippen LogP contribution in [-0.2, 0) is 6.54 Å². The van der Waals surface area contributed by atoms with Gasteiger partial charge in [0, 0.05) is 19.3 Å². The minimum absolute atomic E-state index is 0.243. The first-order valence-electron chi connectivity index (χ1n) is 5.33. The third-order valence-electron chi connectivity index (χ3n) is 2.18. The highest BCUT2D eigenvalue weighted by Gasteiger charge is 2.13. The maximum Gasteiger partial charge on any atom is 0.273 e. The highest BCUT2D eigenvalue weighted by molar-refractivity contribution is 5.96. The Balaban J connectivity index is 2.55. The topological polar surface area (TPSA) is 93.2 Å². The number of carbonyl (C=O) groups excluding carboxylic acids is 1. The van der Waals surface area contributed by atoms with E-state index in [0.717, 1.165) is 0 Å². The SMILES string of the molecule is CCn1cc(N)c(C(=O)NCCC(C)O)n1. The number of nitrogens with zero attached hydrogens (tertiary/aromatic N) is 2. The summed E-state index contributed by atoms with van der Waals surface area (Å²) in [5.41, 5.74) is 6.27. The molecule has 16 heavy (non-hydrogen) atoms. The summed E-state index contributed by atoms with van der Waals surface area (Å²) in [5, 5.41) is 15.7. The molecule has 1 heterocycles. The summed E-state index contributed by atoms with van der Waals surface area (Å²) in [7, 11) is 0. The molecule has 0 fully saturated rings. The molecule has 1 aromatic rings. The van der Waals surface area contributed by atoms with Gasteiger partial charge in [0.1, 0.15) is 0 Å². The molecule has 1 unspecified atom stereocenters. The number of hydrogen-bond acceptors (Lipinski definition) is 4. The van der Waals surface area contributed by atoms with E-state index < -0.39 is 6.10 Å². The van der Waals surface area contributed by atoms with Crippen molar-refractivity contribution in [2.45, 2.75) is 32.9 Å². The number of nitrogen functional groups attached to an aromatic ring is 1. The summed E-state index contributed by atoms with van der Waals surface area (Å²) in [6.45, 7) is 4.67. The lowest BCUT2D eigenvalue weighted by atomic mass is 10.3. The number of amides is 1. The van der Waals surface area contributed by atoms with Crippen LogP contribution in [-0.4, -0.2) is 33.4 Å². The summed E-state index contributed by atoms with van der Waals surface area (Å²) in [6.07, 6.45) is 1.72. The number of rotatable bonds is 5. The summed E-state index contributed by atoms with van der Waals surface area (Å²) in [5.74, 6) is -0.301. The van der Waals surface area contributed by atoms with Gasteiger partial charge >= 0.3 is 0 Å². The Labute approximate surface area is 94.4 Å². The molecule has 0 bridgehead atoms. The molecule has 4 N–H and O–H groups in total. The minimum Gasteiger partial charge on any atom is -0.396 e. The van der Waals surface area contributed by atoms with Gasteiger partial charge in [-0.05, 0) is 20.3 Å². The highest BCUT2D eigenvalue weighted by Crippen LogP contribution is 2.08. The normalized spacial score (nSPS) is 12.4. The molecule has 0 aliphatic heterocycles. The average molecular weight is 226 g/mol. The first-order valence-corrected chi connectivity index (χ1v) is 5.33. The Kier molecular flexibility index (Phi) is 4.30. The quantitative estimate of drug-likeness (QED) is 0.658.